The van der Waals surface area contributed by atoms with Crippen molar-refractivity contribution in [3.8, 4) is 0 Å². The average molecular weight is 59.0 g/mol. The molecule has 1 N–H and O–H groups in total. The quantitative estimate of drug-likeness (QED) is 0.284. The lowest BCUT2D eigenvalue weighted by molar-refractivity contribution is 0.569. The van der Waals surface area contributed by atoms with Crippen LogP contribution in [0.25, 0.3) is 5.41 Å². The molecule has 0 unspecified atom stereocenters. The van der Waals surface area contributed by atoms with E-state index in [9.17, 15) is 0 Å². The molecule has 0 rings (SSSR count). The lowest BCUT2D eigenvalue weighted by Crippen LogP contribution is -1.13. The normalized spacial score (nSPS) is 2.00. The van der Waals surface area contributed by atoms with Crippen molar-refractivity contribution in [2.75, 3.05) is 0 Å². The molecule has 0 aliphatic rings. The van der Waals surface area contributed by atoms with Crippen LogP contribution in [0.2, 0.25) is 0 Å². The number of nitrogens with zero attached hydrogens (tertiary/aromatic N) is 1. The van der Waals surface area contributed by atoms with Crippen LogP contribution in [0.4, 0.5) is 0 Å². The molecule has 0 saturated heterocycles. The van der Waals surface area contributed by atoms with Gasteiger partial charge in [-0.2, -0.15) is 0 Å². The Morgan fingerprint density at radius 2 is 1.75 bits per heavy atom. The standard InChI is InChI=1S/CNO.H2O/c2-1-3;/h;1H2/q-1;/p-1. The Bertz CT molecular complexity index is 27.0. The van der Waals surface area contributed by atoms with Crippen LogP contribution in [0.5, 0.6) is 0 Å². The minimum Gasteiger partial charge on any atom is -0.870 e. The van der Waals surface area contributed by atoms with Crippen molar-refractivity contribution in [3.63, 3.8) is 0 Å². The summed E-state index contributed by atoms with van der Waals surface area (Å²) in [5.41, 5.74) is 0. The molecule has 0 aromatic carbocycles. The second-order valence-electron chi connectivity index (χ2n) is 0.0913. The van der Waals surface area contributed by atoms with Crippen molar-refractivity contribution < 1.29 is 10.3 Å². The third-order valence-electron chi connectivity index (χ3n) is 0. The summed E-state index contributed by atoms with van der Waals surface area (Å²) in [6.07, 6.45) is 0.500. The second kappa shape index (κ2) is 36.3. The van der Waals surface area contributed by atoms with Crippen LogP contribution >= 0.6 is 0 Å². The molecule has 0 aliphatic heterocycles. The maximum absolute atomic E-state index is 8.24. The van der Waals surface area contributed by atoms with E-state index in [0.29, 0.717) is 6.08 Å². The zero-order valence-electron chi connectivity index (χ0n) is 1.80. The molecule has 0 aromatic heterocycles. The van der Waals surface area contributed by atoms with Gasteiger partial charge in [-0.05, 0) is 6.08 Å². The van der Waals surface area contributed by atoms with Gasteiger partial charge in [-0.15, -0.1) is 0 Å². The van der Waals surface area contributed by atoms with E-state index in [1.54, 1.807) is 0 Å². The third kappa shape index (κ3) is 0.356. The number of hydrogen-bond acceptors (Lipinski definition) is 2. The van der Waals surface area contributed by atoms with Gasteiger partial charge < -0.3 is 10.9 Å². The second-order valence-corrected chi connectivity index (χ2v) is 0.0913. The summed E-state index contributed by atoms with van der Waals surface area (Å²) in [7, 11) is 0. The first-order valence-corrected chi connectivity index (χ1v) is 0.428. The molecule has 3 nitrogen and oxygen atoms in total. The molecule has 0 fully saturated rings. The summed E-state index contributed by atoms with van der Waals surface area (Å²) < 4.78 is 0. The summed E-state index contributed by atoms with van der Waals surface area (Å²) in [6, 6.07) is 0. The highest BCUT2D eigenvalue weighted by Gasteiger charge is 0.791. The Hall–Kier alpha value is -0.660. The van der Waals surface area contributed by atoms with Gasteiger partial charge in [-0.1, -0.05) is 0 Å². The Kier molecular flexibility index (Phi) is 92.5. The summed E-state index contributed by atoms with van der Waals surface area (Å²) >= 11 is 0. The van der Waals surface area contributed by atoms with E-state index in [-0.39, 0.29) is 5.48 Å². The van der Waals surface area contributed by atoms with Crippen molar-refractivity contribution in [2.24, 2.45) is 0 Å². The van der Waals surface area contributed by atoms with Gasteiger partial charge in [0.05, 0.1) is 0 Å². The minimum atomic E-state index is 0. The van der Waals surface area contributed by atoms with Crippen LogP contribution in [-0.2, 0) is 4.79 Å². The number of isocyanates is 1. The van der Waals surface area contributed by atoms with Crippen molar-refractivity contribution >= 4 is 6.08 Å². The summed E-state index contributed by atoms with van der Waals surface area (Å²) in [4.78, 5) is 8.24. The fourth-order valence-electron chi connectivity index (χ4n) is 0. The predicted octanol–water partition coefficient (Wildman–Crippen LogP) is -0.285. The Morgan fingerprint density at radius 3 is 1.75 bits per heavy atom. The van der Waals surface area contributed by atoms with Gasteiger partial charge in [0.15, 0.2) is 0 Å². The molecule has 0 heterocycles. The van der Waals surface area contributed by atoms with E-state index in [2.05, 4.69) is 0 Å². The molecular formula is CHNO2-2. The molecule has 0 spiro atoms. The molecule has 0 atom stereocenters. The van der Waals surface area contributed by atoms with Gasteiger partial charge in [0, 0.05) is 0 Å². The molecule has 0 saturated carbocycles. The van der Waals surface area contributed by atoms with E-state index >= 15 is 0 Å². The molecule has 4 heavy (non-hydrogen) atoms. The molecule has 0 aromatic rings. The molecule has 24 valence electrons. The van der Waals surface area contributed by atoms with E-state index in [1.165, 1.54) is 0 Å². The summed E-state index contributed by atoms with van der Waals surface area (Å²) in [5, 5.41) is 6.76. The topological polar surface area (TPSA) is 69.4 Å². The van der Waals surface area contributed by atoms with Gasteiger partial charge in [0.2, 0.25) is 0 Å². The fourth-order valence-corrected chi connectivity index (χ4v) is 0. The fraction of sp³-hybridized carbons (Fsp3) is 0. The first-order valence-electron chi connectivity index (χ1n) is 0.428. The van der Waals surface area contributed by atoms with E-state index in [1.807, 2.05) is 0 Å². The van der Waals surface area contributed by atoms with E-state index < -0.39 is 0 Å². The van der Waals surface area contributed by atoms with Crippen molar-refractivity contribution in [1.29, 1.82) is 0 Å². The van der Waals surface area contributed by atoms with Crippen LogP contribution < -0.4 is 0 Å². The van der Waals surface area contributed by atoms with Gasteiger partial charge in [-0.25, -0.2) is 0 Å². The lowest BCUT2D eigenvalue weighted by atomic mass is 11.7. The first kappa shape index (κ1) is 10.2. The zero-order valence-corrected chi connectivity index (χ0v) is 1.80. The predicted molar refractivity (Wildman–Crippen MR) is 11.0 cm³/mol. The Labute approximate surface area is 23.1 Å². The lowest BCUT2D eigenvalue weighted by Gasteiger charge is -1.32. The monoisotopic (exact) mass is 59.0 g/mol. The van der Waals surface area contributed by atoms with E-state index in [0.717, 1.165) is 0 Å². The minimum absolute atomic E-state index is 0. The SMILES string of the molecule is [N-]=C=O.[OH-]. The van der Waals surface area contributed by atoms with Crippen LogP contribution in [0, 0.1) is 0 Å². The molecule has 0 radical (unpaired) electrons. The molecule has 0 bridgehead atoms. The molecular weight excluding hydrogens is 58.0 g/mol. The third-order valence-corrected chi connectivity index (χ3v) is 0. The van der Waals surface area contributed by atoms with Gasteiger partial charge in [0.25, 0.3) is 0 Å². The smallest absolute Gasteiger partial charge is 0.0159 e. The molecule has 0 amide bonds. The summed E-state index contributed by atoms with van der Waals surface area (Å²) in [6.45, 7) is 0. The number of hydrogen-bond donors (Lipinski definition) is 0. The maximum Gasteiger partial charge on any atom is -0.0159 e. The highest BCUT2D eigenvalue weighted by molar-refractivity contribution is 5.36. The zero-order chi connectivity index (χ0) is 2.71. The van der Waals surface area contributed by atoms with E-state index in [4.69, 9.17) is 10.2 Å². The van der Waals surface area contributed by atoms with Gasteiger partial charge >= 0.3 is 0 Å². The Morgan fingerprint density at radius 1 is 1.75 bits per heavy atom. The highest BCUT2D eigenvalue weighted by Crippen LogP contribution is 0.949. The number of carbonyl (C=O) groups excluding carboxylic acids is 1. The maximum atomic E-state index is 8.24. The van der Waals surface area contributed by atoms with Crippen LogP contribution in [0.1, 0.15) is 0 Å². The summed E-state index contributed by atoms with van der Waals surface area (Å²) in [5.74, 6) is 0. The van der Waals surface area contributed by atoms with Crippen LogP contribution in [0.3, 0.4) is 0 Å². The average Bonchev–Trinajstić information content (AvgIpc) is 0.918. The van der Waals surface area contributed by atoms with Crippen molar-refractivity contribution in [3.05, 3.63) is 5.41 Å². The van der Waals surface area contributed by atoms with Crippen molar-refractivity contribution in [1.82, 2.24) is 0 Å². The molecule has 0 aliphatic carbocycles. The number of rotatable bonds is 0. The van der Waals surface area contributed by atoms with Crippen molar-refractivity contribution in [2.45, 2.75) is 0 Å². The Balaban J connectivity index is 0. The highest BCUT2D eigenvalue weighted by atomic mass is 16.1. The largest absolute Gasteiger partial charge is 0.870 e. The van der Waals surface area contributed by atoms with Crippen LogP contribution in [-0.4, -0.2) is 11.6 Å². The van der Waals surface area contributed by atoms with Crippen LogP contribution in [0.15, 0.2) is 0 Å². The first-order chi connectivity index (χ1) is 1.41. The van der Waals surface area contributed by atoms with Gasteiger partial charge in [-0.3, -0.25) is 4.79 Å². The molecule has 3 heteroatoms. The van der Waals surface area contributed by atoms with Gasteiger partial charge in [0.1, 0.15) is 0 Å².